The molecule has 50 heavy (non-hydrogen) atoms. The summed E-state index contributed by atoms with van der Waals surface area (Å²) in [6.07, 6.45) is 1.62. The number of primary amides is 1. The number of amides is 3. The number of halogens is 2. The Morgan fingerprint density at radius 3 is 2.00 bits per heavy atom. The van der Waals surface area contributed by atoms with Crippen molar-refractivity contribution in [3.8, 4) is 5.75 Å². The average Bonchev–Trinajstić information content (AvgIpc) is 3.72. The van der Waals surface area contributed by atoms with Crippen molar-refractivity contribution in [1.29, 1.82) is 0 Å². The molecule has 266 valence electrons. The minimum Gasteiger partial charge on any atom is -0.493 e. The number of aliphatic imine (C=N–C) groups is 1. The maximum atomic E-state index is 15.1. The third-order valence-electron chi connectivity index (χ3n) is 10.2. The normalized spacial score (nSPS) is 23.3. The minimum atomic E-state index is -3.76. The van der Waals surface area contributed by atoms with Gasteiger partial charge in [0.2, 0.25) is 15.9 Å². The Morgan fingerprint density at radius 2 is 1.44 bits per heavy atom. The van der Waals surface area contributed by atoms with E-state index < -0.39 is 27.0 Å². The number of amidine groups is 1. The van der Waals surface area contributed by atoms with E-state index in [1.165, 1.54) is 10.4 Å². The Hall–Kier alpha value is -3.68. The van der Waals surface area contributed by atoms with E-state index in [9.17, 15) is 13.2 Å². The maximum Gasteiger partial charge on any atom is 0.326 e. The number of sulfonamides is 1. The van der Waals surface area contributed by atoms with Gasteiger partial charge < -0.3 is 15.4 Å². The summed E-state index contributed by atoms with van der Waals surface area (Å²) in [5.41, 5.74) is 5.32. The fourth-order valence-corrected chi connectivity index (χ4v) is 9.01. The predicted octanol–water partition coefficient (Wildman–Crippen LogP) is 5.29. The number of hydrogen-bond donors (Lipinski definition) is 1. The lowest BCUT2D eigenvalue weighted by molar-refractivity contribution is -0.119. The fourth-order valence-electron chi connectivity index (χ4n) is 7.23. The molecular weight excluding hydrogens is 699 g/mol. The molecule has 3 aromatic rings. The molecule has 0 radical (unpaired) electrons. The van der Waals surface area contributed by atoms with E-state index in [0.29, 0.717) is 66.5 Å². The average molecular weight is 742 g/mol. The first-order valence-electron chi connectivity index (χ1n) is 16.8. The third kappa shape index (κ3) is 6.48. The first-order valence-corrected chi connectivity index (χ1v) is 19.0. The second-order valence-electron chi connectivity index (χ2n) is 13.1. The smallest absolute Gasteiger partial charge is 0.326 e. The van der Waals surface area contributed by atoms with Gasteiger partial charge in [0.05, 0.1) is 23.6 Å². The molecule has 2 unspecified atom stereocenters. The quantitative estimate of drug-likeness (QED) is 0.318. The van der Waals surface area contributed by atoms with E-state index in [2.05, 4.69) is 0 Å². The molecule has 2 atom stereocenters. The SMILES string of the molecule is CCOc1cc(S(=O)(=O)N2CCCC2)ccc1C1=NC(C)(c2ccc(Cl)cc2)C(C)(c2ccc(Cl)cc2)N1C(=O)N1CCN(CC(N)=O)CC1. The van der Waals surface area contributed by atoms with Crippen LogP contribution in [0.1, 0.15) is 50.3 Å². The molecule has 2 fully saturated rings. The highest BCUT2D eigenvalue weighted by Crippen LogP contribution is 2.54. The lowest BCUT2D eigenvalue weighted by atomic mass is 9.71. The van der Waals surface area contributed by atoms with Gasteiger partial charge in [-0.2, -0.15) is 4.31 Å². The van der Waals surface area contributed by atoms with Crippen LogP contribution < -0.4 is 10.5 Å². The Balaban J connectivity index is 1.54. The third-order valence-corrected chi connectivity index (χ3v) is 12.6. The molecule has 0 bridgehead atoms. The molecule has 0 aliphatic carbocycles. The zero-order valence-electron chi connectivity index (χ0n) is 28.4. The molecule has 3 aliphatic rings. The van der Waals surface area contributed by atoms with Crippen LogP contribution in [0.2, 0.25) is 10.0 Å². The molecule has 3 heterocycles. The molecule has 3 aromatic carbocycles. The van der Waals surface area contributed by atoms with Crippen LogP contribution in [-0.2, 0) is 25.9 Å². The summed E-state index contributed by atoms with van der Waals surface area (Å²) in [5, 5.41) is 1.10. The number of piperazine rings is 1. The van der Waals surface area contributed by atoms with Crippen molar-refractivity contribution < 1.29 is 22.7 Å². The van der Waals surface area contributed by atoms with Gasteiger partial charge in [-0.3, -0.25) is 19.6 Å². The van der Waals surface area contributed by atoms with Gasteiger partial charge in [-0.1, -0.05) is 47.5 Å². The van der Waals surface area contributed by atoms with E-state index in [1.807, 2.05) is 49.9 Å². The van der Waals surface area contributed by atoms with Crippen LogP contribution >= 0.6 is 23.2 Å². The van der Waals surface area contributed by atoms with E-state index in [-0.39, 0.29) is 24.1 Å². The monoisotopic (exact) mass is 740 g/mol. The van der Waals surface area contributed by atoms with E-state index in [4.69, 9.17) is 38.7 Å². The van der Waals surface area contributed by atoms with Gasteiger partial charge in [-0.15, -0.1) is 0 Å². The molecule has 11 nitrogen and oxygen atoms in total. The second-order valence-corrected chi connectivity index (χ2v) is 16.0. The van der Waals surface area contributed by atoms with E-state index >= 15 is 4.79 Å². The van der Waals surface area contributed by atoms with Gasteiger partial charge in [0, 0.05) is 55.4 Å². The van der Waals surface area contributed by atoms with Crippen LogP contribution in [0.4, 0.5) is 4.79 Å². The van der Waals surface area contributed by atoms with Gasteiger partial charge in [0.1, 0.15) is 22.7 Å². The first-order chi connectivity index (χ1) is 23.8. The lowest BCUT2D eigenvalue weighted by Gasteiger charge is -2.47. The highest BCUT2D eigenvalue weighted by Gasteiger charge is 2.60. The number of carbonyl (C=O) groups excluding carboxylic acids is 2. The molecule has 6 rings (SSSR count). The molecule has 14 heteroatoms. The van der Waals surface area contributed by atoms with E-state index in [1.54, 1.807) is 46.2 Å². The summed E-state index contributed by atoms with van der Waals surface area (Å²) in [4.78, 5) is 37.6. The molecule has 0 aromatic heterocycles. The summed E-state index contributed by atoms with van der Waals surface area (Å²) in [5.74, 6) is 0.207. The largest absolute Gasteiger partial charge is 0.493 e. The lowest BCUT2D eigenvalue weighted by Crippen LogP contribution is -2.61. The van der Waals surface area contributed by atoms with Crippen molar-refractivity contribution in [2.75, 3.05) is 52.4 Å². The van der Waals surface area contributed by atoms with Crippen LogP contribution in [-0.4, -0.2) is 97.6 Å². The summed E-state index contributed by atoms with van der Waals surface area (Å²) >= 11 is 12.7. The van der Waals surface area contributed by atoms with Gasteiger partial charge in [-0.05, 0) is 81.1 Å². The zero-order chi connectivity index (χ0) is 35.8. The number of rotatable bonds is 9. The van der Waals surface area contributed by atoms with Crippen LogP contribution in [0, 0.1) is 0 Å². The molecule has 0 saturated carbocycles. The van der Waals surface area contributed by atoms with Gasteiger partial charge >= 0.3 is 6.03 Å². The number of ether oxygens (including phenoxy) is 1. The van der Waals surface area contributed by atoms with Crippen molar-refractivity contribution in [2.24, 2.45) is 10.7 Å². The molecule has 2 saturated heterocycles. The number of hydrogen-bond acceptors (Lipinski definition) is 7. The zero-order valence-corrected chi connectivity index (χ0v) is 30.8. The Bertz CT molecular complexity index is 1890. The first kappa shape index (κ1) is 36.1. The standard InChI is InChI=1S/C36H42Cl2N6O5S/c1-4-49-31-23-29(50(47,48)43-17-5-6-18-43)15-16-30(31)33-40-35(2,25-7-11-27(37)12-8-25)36(3,26-9-13-28(38)14-10-26)44(33)34(46)42-21-19-41(20-22-42)24-32(39)45/h7-16,23H,4-6,17-22,24H2,1-3H3,(H2,39,45). The van der Waals surface area contributed by atoms with E-state index in [0.717, 1.165) is 24.0 Å². The Morgan fingerprint density at radius 1 is 0.860 bits per heavy atom. The topological polar surface area (TPSA) is 129 Å². The minimum absolute atomic E-state index is 0.111. The van der Waals surface area contributed by atoms with Crippen LogP contribution in [0.5, 0.6) is 5.75 Å². The van der Waals surface area contributed by atoms with Crippen LogP contribution in [0.25, 0.3) is 0 Å². The molecular formula is C36H42Cl2N6O5S. The van der Waals surface area contributed by atoms with Gasteiger partial charge in [0.25, 0.3) is 0 Å². The molecule has 0 spiro atoms. The molecule has 3 amide bonds. The van der Waals surface area contributed by atoms with Crippen molar-refractivity contribution >= 4 is 51.0 Å². The summed E-state index contributed by atoms with van der Waals surface area (Å²) in [7, 11) is -3.76. The Kier molecular flexibility index (Phi) is 10.2. The molecule has 2 N–H and O–H groups in total. The highest BCUT2D eigenvalue weighted by molar-refractivity contribution is 7.89. The Labute approximate surface area is 303 Å². The van der Waals surface area contributed by atoms with Crippen LogP contribution in [0.3, 0.4) is 0 Å². The van der Waals surface area contributed by atoms with Crippen molar-refractivity contribution in [3.05, 3.63) is 93.5 Å². The maximum absolute atomic E-state index is 15.1. The fraction of sp³-hybridized carbons (Fsp3) is 0.417. The predicted molar refractivity (Wildman–Crippen MR) is 194 cm³/mol. The summed E-state index contributed by atoms with van der Waals surface area (Å²) in [6.45, 7) is 8.74. The van der Waals surface area contributed by atoms with Crippen LogP contribution in [0.15, 0.2) is 76.6 Å². The number of nitrogens with two attached hydrogens (primary N) is 1. The van der Waals surface area contributed by atoms with Crippen molar-refractivity contribution in [1.82, 2.24) is 19.0 Å². The summed E-state index contributed by atoms with van der Waals surface area (Å²) < 4.78 is 34.9. The second kappa shape index (κ2) is 14.1. The number of nitrogens with zero attached hydrogens (tertiary/aromatic N) is 5. The van der Waals surface area contributed by atoms with Gasteiger partial charge in [-0.25, -0.2) is 13.2 Å². The van der Waals surface area contributed by atoms with Crippen molar-refractivity contribution in [3.63, 3.8) is 0 Å². The highest BCUT2D eigenvalue weighted by atomic mass is 35.5. The van der Waals surface area contributed by atoms with Crippen molar-refractivity contribution in [2.45, 2.75) is 49.6 Å². The number of carbonyl (C=O) groups is 2. The van der Waals surface area contributed by atoms with Gasteiger partial charge in [0.15, 0.2) is 0 Å². The molecule has 3 aliphatic heterocycles. The number of urea groups is 1. The summed E-state index contributed by atoms with van der Waals surface area (Å²) in [6, 6.07) is 19.3. The number of benzene rings is 3.